The number of hydrogen-bond donors (Lipinski definition) is 2. The molecule has 0 aromatic heterocycles. The molecule has 0 aliphatic carbocycles. The summed E-state index contributed by atoms with van der Waals surface area (Å²) in [6, 6.07) is -0.858. The van der Waals surface area contributed by atoms with Gasteiger partial charge in [-0.3, -0.25) is 4.79 Å². The summed E-state index contributed by atoms with van der Waals surface area (Å²) in [6.45, 7) is 4.58. The Bertz CT molecular complexity index is 258. The van der Waals surface area contributed by atoms with Gasteiger partial charge in [-0.15, -0.1) is 0 Å². The van der Waals surface area contributed by atoms with Crippen molar-refractivity contribution in [3.8, 4) is 0 Å². The lowest BCUT2D eigenvalue weighted by atomic mass is 10.2. The zero-order valence-corrected chi connectivity index (χ0v) is 12.1. The van der Waals surface area contributed by atoms with Crippen LogP contribution in [0.15, 0.2) is 0 Å². The molecular weight excluding hydrogens is 254 g/mol. The van der Waals surface area contributed by atoms with E-state index in [0.717, 1.165) is 12.2 Å². The third kappa shape index (κ3) is 9.30. The number of amides is 1. The molecule has 0 aromatic rings. The standard InChI is InChI=1S/C12H23NO4S/c1-9(2)5-7-18-8-11(14)13-10(12(15)16)4-6-17-3/h9-10H,4-8H2,1-3H3,(H,13,14)(H,15,16). The maximum Gasteiger partial charge on any atom is 0.326 e. The van der Waals surface area contributed by atoms with Crippen molar-refractivity contribution in [2.45, 2.75) is 32.7 Å². The first-order valence-corrected chi connectivity index (χ1v) is 7.21. The summed E-state index contributed by atoms with van der Waals surface area (Å²) in [5.41, 5.74) is 0. The molecular formula is C12H23NO4S. The number of carbonyl (C=O) groups is 2. The fraction of sp³-hybridized carbons (Fsp3) is 0.833. The molecule has 0 aliphatic rings. The van der Waals surface area contributed by atoms with E-state index in [2.05, 4.69) is 19.2 Å². The highest BCUT2D eigenvalue weighted by Gasteiger charge is 2.19. The molecule has 0 saturated heterocycles. The maximum absolute atomic E-state index is 11.5. The summed E-state index contributed by atoms with van der Waals surface area (Å²) >= 11 is 1.53. The lowest BCUT2D eigenvalue weighted by Gasteiger charge is -2.13. The Kier molecular flexibility index (Phi) is 9.77. The second-order valence-corrected chi connectivity index (χ2v) is 5.58. The highest BCUT2D eigenvalue weighted by atomic mass is 32.2. The Balaban J connectivity index is 3.84. The molecule has 0 bridgehead atoms. The largest absolute Gasteiger partial charge is 0.480 e. The van der Waals surface area contributed by atoms with E-state index >= 15 is 0 Å². The lowest BCUT2D eigenvalue weighted by molar-refractivity contribution is -0.142. The molecule has 1 amide bonds. The molecule has 0 aromatic carbocycles. The number of rotatable bonds is 10. The third-order valence-electron chi connectivity index (χ3n) is 2.32. The number of nitrogens with one attached hydrogen (secondary N) is 1. The highest BCUT2D eigenvalue weighted by molar-refractivity contribution is 7.99. The minimum Gasteiger partial charge on any atom is -0.480 e. The van der Waals surface area contributed by atoms with Gasteiger partial charge in [-0.25, -0.2) is 4.79 Å². The molecule has 18 heavy (non-hydrogen) atoms. The number of thioether (sulfide) groups is 1. The first-order valence-electron chi connectivity index (χ1n) is 6.06. The molecule has 0 heterocycles. The SMILES string of the molecule is COCCC(NC(=O)CSCCC(C)C)C(=O)O. The molecule has 0 spiro atoms. The first kappa shape index (κ1) is 17.2. The quantitative estimate of drug-likeness (QED) is 0.590. The summed E-state index contributed by atoms with van der Waals surface area (Å²) in [4.78, 5) is 22.4. The Morgan fingerprint density at radius 3 is 2.50 bits per heavy atom. The van der Waals surface area contributed by atoms with Crippen LogP contribution in [0.25, 0.3) is 0 Å². The molecule has 1 atom stereocenters. The second kappa shape index (κ2) is 10.2. The van der Waals surface area contributed by atoms with Crippen molar-refractivity contribution in [3.05, 3.63) is 0 Å². The smallest absolute Gasteiger partial charge is 0.326 e. The van der Waals surface area contributed by atoms with E-state index in [4.69, 9.17) is 9.84 Å². The van der Waals surface area contributed by atoms with Gasteiger partial charge in [0.1, 0.15) is 6.04 Å². The van der Waals surface area contributed by atoms with Crippen LogP contribution in [-0.2, 0) is 14.3 Å². The van der Waals surface area contributed by atoms with Gasteiger partial charge >= 0.3 is 5.97 Å². The Labute approximate surface area is 113 Å². The number of methoxy groups -OCH3 is 1. The van der Waals surface area contributed by atoms with E-state index in [1.54, 1.807) is 0 Å². The normalized spacial score (nSPS) is 12.4. The molecule has 6 heteroatoms. The van der Waals surface area contributed by atoms with Crippen molar-refractivity contribution in [1.82, 2.24) is 5.32 Å². The fourth-order valence-corrected chi connectivity index (χ4v) is 2.26. The maximum atomic E-state index is 11.5. The van der Waals surface area contributed by atoms with Crippen LogP contribution in [0, 0.1) is 5.92 Å². The molecule has 0 radical (unpaired) electrons. The van der Waals surface area contributed by atoms with Crippen LogP contribution >= 0.6 is 11.8 Å². The van der Waals surface area contributed by atoms with Crippen LogP contribution in [-0.4, -0.2) is 48.2 Å². The van der Waals surface area contributed by atoms with Crippen molar-refractivity contribution in [2.24, 2.45) is 5.92 Å². The predicted octanol–water partition coefficient (Wildman–Crippen LogP) is 1.37. The first-order chi connectivity index (χ1) is 8.47. The zero-order valence-electron chi connectivity index (χ0n) is 11.3. The van der Waals surface area contributed by atoms with Crippen LogP contribution in [0.1, 0.15) is 26.7 Å². The summed E-state index contributed by atoms with van der Waals surface area (Å²) in [5.74, 6) is 0.596. The molecule has 0 saturated carbocycles. The van der Waals surface area contributed by atoms with Gasteiger partial charge in [0.15, 0.2) is 0 Å². The number of carbonyl (C=O) groups excluding carboxylic acids is 1. The minimum absolute atomic E-state index is 0.229. The highest BCUT2D eigenvalue weighted by Crippen LogP contribution is 2.08. The van der Waals surface area contributed by atoms with Crippen LogP contribution in [0.2, 0.25) is 0 Å². The van der Waals surface area contributed by atoms with Gasteiger partial charge in [-0.1, -0.05) is 13.8 Å². The number of carboxylic acid groups (broad SMARTS) is 1. The van der Waals surface area contributed by atoms with E-state index in [0.29, 0.717) is 18.3 Å². The van der Waals surface area contributed by atoms with Gasteiger partial charge in [-0.05, 0) is 18.1 Å². The number of ether oxygens (including phenoxy) is 1. The number of hydrogen-bond acceptors (Lipinski definition) is 4. The monoisotopic (exact) mass is 277 g/mol. The molecule has 2 N–H and O–H groups in total. The average Bonchev–Trinajstić information content (AvgIpc) is 2.29. The van der Waals surface area contributed by atoms with Crippen LogP contribution < -0.4 is 5.32 Å². The molecule has 0 aliphatic heterocycles. The second-order valence-electron chi connectivity index (χ2n) is 4.47. The van der Waals surface area contributed by atoms with Gasteiger partial charge < -0.3 is 15.2 Å². The van der Waals surface area contributed by atoms with Crippen LogP contribution in [0.5, 0.6) is 0 Å². The average molecular weight is 277 g/mol. The number of carboxylic acids is 1. The number of aliphatic carboxylic acids is 1. The van der Waals surface area contributed by atoms with Gasteiger partial charge in [0.05, 0.1) is 5.75 Å². The molecule has 0 fully saturated rings. The van der Waals surface area contributed by atoms with Crippen molar-refractivity contribution < 1.29 is 19.4 Å². The Morgan fingerprint density at radius 1 is 1.33 bits per heavy atom. The fourth-order valence-electron chi connectivity index (χ4n) is 1.21. The van der Waals surface area contributed by atoms with E-state index in [9.17, 15) is 9.59 Å². The van der Waals surface area contributed by atoms with Crippen molar-refractivity contribution in [2.75, 3.05) is 25.2 Å². The van der Waals surface area contributed by atoms with E-state index in [1.807, 2.05) is 0 Å². The van der Waals surface area contributed by atoms with Gasteiger partial charge in [0.25, 0.3) is 0 Å². The summed E-state index contributed by atoms with van der Waals surface area (Å²) in [5, 5.41) is 11.4. The van der Waals surface area contributed by atoms with Crippen LogP contribution in [0.4, 0.5) is 0 Å². The van der Waals surface area contributed by atoms with Gasteiger partial charge in [0, 0.05) is 20.1 Å². The van der Waals surface area contributed by atoms with E-state index < -0.39 is 12.0 Å². The van der Waals surface area contributed by atoms with Crippen molar-refractivity contribution in [1.29, 1.82) is 0 Å². The van der Waals surface area contributed by atoms with Crippen molar-refractivity contribution in [3.63, 3.8) is 0 Å². The Hall–Kier alpha value is -0.750. The zero-order chi connectivity index (χ0) is 14.0. The molecule has 5 nitrogen and oxygen atoms in total. The van der Waals surface area contributed by atoms with Crippen molar-refractivity contribution >= 4 is 23.6 Å². The van der Waals surface area contributed by atoms with E-state index in [1.165, 1.54) is 18.9 Å². The van der Waals surface area contributed by atoms with Crippen LogP contribution in [0.3, 0.4) is 0 Å². The van der Waals surface area contributed by atoms with E-state index in [-0.39, 0.29) is 12.3 Å². The third-order valence-corrected chi connectivity index (χ3v) is 3.31. The molecule has 106 valence electrons. The minimum atomic E-state index is -1.02. The Morgan fingerprint density at radius 2 is 2.00 bits per heavy atom. The lowest BCUT2D eigenvalue weighted by Crippen LogP contribution is -2.42. The molecule has 0 rings (SSSR count). The summed E-state index contributed by atoms with van der Waals surface area (Å²) in [6.07, 6.45) is 1.35. The predicted molar refractivity (Wildman–Crippen MR) is 72.8 cm³/mol. The van der Waals surface area contributed by atoms with Gasteiger partial charge in [-0.2, -0.15) is 11.8 Å². The topological polar surface area (TPSA) is 75.6 Å². The molecule has 1 unspecified atom stereocenters. The van der Waals surface area contributed by atoms with Gasteiger partial charge in [0.2, 0.25) is 5.91 Å². The summed E-state index contributed by atoms with van der Waals surface area (Å²) in [7, 11) is 1.50. The summed E-state index contributed by atoms with van der Waals surface area (Å²) < 4.78 is 4.81.